The summed E-state index contributed by atoms with van der Waals surface area (Å²) in [6.07, 6.45) is 0. The van der Waals surface area contributed by atoms with Gasteiger partial charge < -0.3 is 0 Å². The van der Waals surface area contributed by atoms with E-state index in [-0.39, 0.29) is 16.5 Å². The molecule has 0 N–H and O–H groups in total. The third-order valence-electron chi connectivity index (χ3n) is 3.03. The molecular formula is C15H14ClFN2O2. The molecule has 0 spiro atoms. The average molecular weight is 309 g/mol. The fourth-order valence-electron chi connectivity index (χ4n) is 2.07. The highest BCUT2D eigenvalue weighted by molar-refractivity contribution is 6.32. The second-order valence-corrected chi connectivity index (χ2v) is 5.25. The van der Waals surface area contributed by atoms with Gasteiger partial charge >= 0.3 is 0 Å². The first kappa shape index (κ1) is 15.4. The number of hydrogen-bond acceptors (Lipinski definition) is 3. The molecule has 0 aliphatic rings. The fourth-order valence-corrected chi connectivity index (χ4v) is 2.25. The van der Waals surface area contributed by atoms with Gasteiger partial charge in [-0.2, -0.15) is 0 Å². The number of nitrogens with zero attached hydrogens (tertiary/aromatic N) is 2. The SMILES string of the molecule is CN(Cc1ccc(F)cc1)Cc1ccc(Cl)c([N+](=O)[O-])c1. The second kappa shape index (κ2) is 6.65. The zero-order chi connectivity index (χ0) is 15.4. The Balaban J connectivity index is 2.05. The molecule has 6 heteroatoms. The Morgan fingerprint density at radius 3 is 2.33 bits per heavy atom. The lowest BCUT2D eigenvalue weighted by Gasteiger charge is -2.16. The quantitative estimate of drug-likeness (QED) is 0.619. The molecule has 0 bridgehead atoms. The minimum atomic E-state index is -0.494. The highest BCUT2D eigenvalue weighted by Crippen LogP contribution is 2.25. The van der Waals surface area contributed by atoms with Gasteiger partial charge in [0.25, 0.3) is 5.69 Å². The van der Waals surface area contributed by atoms with Crippen molar-refractivity contribution in [3.05, 3.63) is 74.5 Å². The zero-order valence-electron chi connectivity index (χ0n) is 11.4. The van der Waals surface area contributed by atoms with Crippen LogP contribution in [0.5, 0.6) is 0 Å². The van der Waals surface area contributed by atoms with E-state index in [1.165, 1.54) is 24.3 Å². The van der Waals surface area contributed by atoms with Crippen LogP contribution < -0.4 is 0 Å². The number of nitro benzene ring substituents is 1. The molecular weight excluding hydrogens is 295 g/mol. The maximum atomic E-state index is 12.8. The van der Waals surface area contributed by atoms with Crippen LogP contribution in [0.2, 0.25) is 5.02 Å². The van der Waals surface area contributed by atoms with Gasteiger partial charge in [-0.15, -0.1) is 0 Å². The molecule has 0 fully saturated rings. The van der Waals surface area contributed by atoms with Crippen LogP contribution in [0.25, 0.3) is 0 Å². The van der Waals surface area contributed by atoms with Gasteiger partial charge in [0.2, 0.25) is 0 Å². The predicted octanol–water partition coefficient (Wildman–Crippen LogP) is 4.02. The van der Waals surface area contributed by atoms with Crippen LogP contribution in [0.4, 0.5) is 10.1 Å². The molecule has 21 heavy (non-hydrogen) atoms. The Morgan fingerprint density at radius 1 is 1.14 bits per heavy atom. The summed E-state index contributed by atoms with van der Waals surface area (Å²) in [6.45, 7) is 1.16. The van der Waals surface area contributed by atoms with Crippen molar-refractivity contribution >= 4 is 17.3 Å². The van der Waals surface area contributed by atoms with E-state index in [9.17, 15) is 14.5 Å². The maximum absolute atomic E-state index is 12.8. The molecule has 110 valence electrons. The number of benzene rings is 2. The van der Waals surface area contributed by atoms with Crippen LogP contribution in [0, 0.1) is 15.9 Å². The molecule has 0 aromatic heterocycles. The zero-order valence-corrected chi connectivity index (χ0v) is 12.2. The minimum absolute atomic E-state index is 0.0932. The Labute approximate surface area is 126 Å². The number of hydrogen-bond donors (Lipinski definition) is 0. The molecule has 0 heterocycles. The predicted molar refractivity (Wildman–Crippen MR) is 79.7 cm³/mol. The number of rotatable bonds is 5. The summed E-state index contributed by atoms with van der Waals surface area (Å²) in [5.41, 5.74) is 1.68. The summed E-state index contributed by atoms with van der Waals surface area (Å²) in [7, 11) is 1.89. The van der Waals surface area contributed by atoms with E-state index in [1.807, 2.05) is 11.9 Å². The van der Waals surface area contributed by atoms with Gasteiger partial charge in [-0.3, -0.25) is 15.0 Å². The van der Waals surface area contributed by atoms with Gasteiger partial charge in [0, 0.05) is 19.2 Å². The molecule has 0 radical (unpaired) electrons. The monoisotopic (exact) mass is 308 g/mol. The molecule has 2 rings (SSSR count). The van der Waals surface area contributed by atoms with Crippen LogP contribution in [-0.2, 0) is 13.1 Å². The van der Waals surface area contributed by atoms with Gasteiger partial charge in [0.1, 0.15) is 10.8 Å². The first-order chi connectivity index (χ1) is 9.95. The summed E-state index contributed by atoms with van der Waals surface area (Å²) in [5.74, 6) is -0.269. The first-order valence-corrected chi connectivity index (χ1v) is 6.69. The van der Waals surface area contributed by atoms with Crippen LogP contribution >= 0.6 is 11.6 Å². The Morgan fingerprint density at radius 2 is 1.71 bits per heavy atom. The summed E-state index contributed by atoms with van der Waals surface area (Å²) in [4.78, 5) is 12.3. The minimum Gasteiger partial charge on any atom is -0.298 e. The lowest BCUT2D eigenvalue weighted by Crippen LogP contribution is -2.17. The van der Waals surface area contributed by atoms with E-state index in [4.69, 9.17) is 11.6 Å². The van der Waals surface area contributed by atoms with Crippen molar-refractivity contribution in [3.63, 3.8) is 0 Å². The Kier molecular flexibility index (Phi) is 4.88. The largest absolute Gasteiger partial charge is 0.298 e. The van der Waals surface area contributed by atoms with Crippen LogP contribution in [0.3, 0.4) is 0 Å². The van der Waals surface area contributed by atoms with Crippen LogP contribution in [-0.4, -0.2) is 16.9 Å². The topological polar surface area (TPSA) is 46.4 Å². The third-order valence-corrected chi connectivity index (χ3v) is 3.35. The number of nitro groups is 1. The molecule has 0 unspecified atom stereocenters. The fraction of sp³-hybridized carbons (Fsp3) is 0.200. The Bertz CT molecular complexity index is 647. The standard InChI is InChI=1S/C15H14ClFN2O2/c1-18(9-11-2-5-13(17)6-3-11)10-12-4-7-14(16)15(8-12)19(20)21/h2-8H,9-10H2,1H3. The van der Waals surface area contributed by atoms with E-state index in [1.54, 1.807) is 18.2 Å². The van der Waals surface area contributed by atoms with Crippen molar-refractivity contribution in [1.82, 2.24) is 4.90 Å². The lowest BCUT2D eigenvalue weighted by molar-refractivity contribution is -0.384. The van der Waals surface area contributed by atoms with Crippen molar-refractivity contribution in [2.75, 3.05) is 7.05 Å². The maximum Gasteiger partial charge on any atom is 0.288 e. The summed E-state index contributed by atoms with van der Waals surface area (Å²) < 4.78 is 12.8. The second-order valence-electron chi connectivity index (χ2n) is 4.84. The summed E-state index contributed by atoms with van der Waals surface area (Å²) in [5, 5.41) is 11.0. The molecule has 4 nitrogen and oxygen atoms in total. The van der Waals surface area contributed by atoms with Crippen LogP contribution in [0.15, 0.2) is 42.5 Å². The third kappa shape index (κ3) is 4.24. The van der Waals surface area contributed by atoms with Crippen molar-refractivity contribution in [3.8, 4) is 0 Å². The highest BCUT2D eigenvalue weighted by Gasteiger charge is 2.13. The number of halogens is 2. The Hall–Kier alpha value is -1.98. The van der Waals surface area contributed by atoms with Gasteiger partial charge in [-0.25, -0.2) is 4.39 Å². The molecule has 0 atom stereocenters. The highest BCUT2D eigenvalue weighted by atomic mass is 35.5. The van der Waals surface area contributed by atoms with Gasteiger partial charge in [-0.1, -0.05) is 29.8 Å². The average Bonchev–Trinajstić information content (AvgIpc) is 2.43. The van der Waals surface area contributed by atoms with Crippen molar-refractivity contribution in [2.24, 2.45) is 0 Å². The van der Waals surface area contributed by atoms with Gasteiger partial charge in [0.05, 0.1) is 4.92 Å². The molecule has 2 aromatic rings. The first-order valence-electron chi connectivity index (χ1n) is 6.31. The van der Waals surface area contributed by atoms with E-state index in [2.05, 4.69) is 0 Å². The van der Waals surface area contributed by atoms with Gasteiger partial charge in [-0.05, 0) is 36.4 Å². The summed E-state index contributed by atoms with van der Waals surface area (Å²) in [6, 6.07) is 11.0. The van der Waals surface area contributed by atoms with E-state index in [0.29, 0.717) is 13.1 Å². The van der Waals surface area contributed by atoms with E-state index >= 15 is 0 Å². The normalized spacial score (nSPS) is 10.9. The molecule has 2 aromatic carbocycles. The van der Waals surface area contributed by atoms with Crippen molar-refractivity contribution in [2.45, 2.75) is 13.1 Å². The van der Waals surface area contributed by atoms with Crippen LogP contribution in [0.1, 0.15) is 11.1 Å². The molecule has 0 aliphatic heterocycles. The molecule has 0 amide bonds. The van der Waals surface area contributed by atoms with Crippen molar-refractivity contribution < 1.29 is 9.31 Å². The molecule has 0 saturated heterocycles. The molecule has 0 saturated carbocycles. The van der Waals surface area contributed by atoms with E-state index < -0.39 is 4.92 Å². The lowest BCUT2D eigenvalue weighted by atomic mass is 10.1. The van der Waals surface area contributed by atoms with Gasteiger partial charge in [0.15, 0.2) is 0 Å². The molecule has 0 aliphatic carbocycles. The smallest absolute Gasteiger partial charge is 0.288 e. The van der Waals surface area contributed by atoms with E-state index in [0.717, 1.165) is 11.1 Å². The van der Waals surface area contributed by atoms with Crippen molar-refractivity contribution in [1.29, 1.82) is 0 Å². The summed E-state index contributed by atoms with van der Waals surface area (Å²) >= 11 is 5.78.